The van der Waals surface area contributed by atoms with Gasteiger partial charge in [-0.05, 0) is 35.7 Å². The van der Waals surface area contributed by atoms with Gasteiger partial charge in [0.15, 0.2) is 0 Å². The maximum Gasteiger partial charge on any atom is 0.0553 e. The molecule has 0 unspecified atom stereocenters. The number of aliphatic hydroxyl groups is 2. The van der Waals surface area contributed by atoms with Crippen molar-refractivity contribution in [2.45, 2.75) is 11.8 Å². The zero-order chi connectivity index (χ0) is 14.6. The van der Waals surface area contributed by atoms with Crippen LogP contribution in [0.25, 0.3) is 0 Å². The van der Waals surface area contributed by atoms with E-state index in [0.29, 0.717) is 16.5 Å². The molecular weight excluding hydrogens is 295 g/mol. The van der Waals surface area contributed by atoms with Crippen LogP contribution in [0.2, 0.25) is 10.0 Å². The molecular formula is C16H16Cl2O2. The Morgan fingerprint density at radius 2 is 1.60 bits per heavy atom. The van der Waals surface area contributed by atoms with Gasteiger partial charge in [0.25, 0.3) is 0 Å². The van der Waals surface area contributed by atoms with Gasteiger partial charge in [0.2, 0.25) is 0 Å². The summed E-state index contributed by atoms with van der Waals surface area (Å²) in [5.41, 5.74) is 0.871. The molecule has 0 saturated heterocycles. The van der Waals surface area contributed by atoms with Crippen LogP contribution in [0.4, 0.5) is 0 Å². The fourth-order valence-electron chi connectivity index (χ4n) is 2.36. The Labute approximate surface area is 128 Å². The Balaban J connectivity index is 2.42. The number of aliphatic hydroxyl groups excluding tert-OH is 2. The number of rotatable bonds is 5. The number of hydrogen-bond donors (Lipinski definition) is 2. The highest BCUT2D eigenvalue weighted by Crippen LogP contribution is 2.33. The quantitative estimate of drug-likeness (QED) is 0.888. The van der Waals surface area contributed by atoms with Gasteiger partial charge in [0.05, 0.1) is 13.2 Å². The normalized spacial score (nSPS) is 11.6. The molecule has 2 aromatic rings. The van der Waals surface area contributed by atoms with Crippen LogP contribution < -0.4 is 0 Å². The average molecular weight is 311 g/mol. The molecule has 0 aliphatic heterocycles. The van der Waals surface area contributed by atoms with Crippen molar-refractivity contribution in [1.82, 2.24) is 0 Å². The van der Waals surface area contributed by atoms with Crippen LogP contribution in [0.1, 0.15) is 11.1 Å². The lowest BCUT2D eigenvalue weighted by Gasteiger charge is -2.31. The van der Waals surface area contributed by atoms with Crippen molar-refractivity contribution < 1.29 is 10.2 Å². The second-order valence-corrected chi connectivity index (χ2v) is 5.73. The fraction of sp³-hybridized carbons (Fsp3) is 0.250. The first-order valence-corrected chi connectivity index (χ1v) is 7.08. The topological polar surface area (TPSA) is 40.5 Å². The molecule has 0 aliphatic rings. The minimum atomic E-state index is -0.816. The van der Waals surface area contributed by atoms with Crippen LogP contribution in [0, 0.1) is 0 Å². The van der Waals surface area contributed by atoms with E-state index >= 15 is 0 Å². The largest absolute Gasteiger partial charge is 0.395 e. The third-order valence-electron chi connectivity index (χ3n) is 3.48. The fourth-order valence-corrected chi connectivity index (χ4v) is 2.91. The number of benzene rings is 2. The summed E-state index contributed by atoms with van der Waals surface area (Å²) in [5, 5.41) is 20.8. The zero-order valence-electron chi connectivity index (χ0n) is 10.9. The van der Waals surface area contributed by atoms with Crippen LogP contribution in [-0.4, -0.2) is 23.4 Å². The summed E-state index contributed by atoms with van der Waals surface area (Å²) in [5.74, 6) is 0. The van der Waals surface area contributed by atoms with Gasteiger partial charge in [-0.2, -0.15) is 0 Å². The Kier molecular flexibility index (Phi) is 5.06. The lowest BCUT2D eigenvalue weighted by atomic mass is 9.77. The monoisotopic (exact) mass is 310 g/mol. The maximum absolute atomic E-state index is 9.83. The van der Waals surface area contributed by atoms with Crippen molar-refractivity contribution in [3.63, 3.8) is 0 Å². The van der Waals surface area contributed by atoms with Crippen molar-refractivity contribution >= 4 is 23.2 Å². The predicted octanol–water partition coefficient (Wildman–Crippen LogP) is 3.46. The van der Waals surface area contributed by atoms with Crippen LogP contribution in [0.3, 0.4) is 0 Å². The molecule has 0 bridgehead atoms. The average Bonchev–Trinajstić information content (AvgIpc) is 2.46. The molecule has 2 N–H and O–H groups in total. The van der Waals surface area contributed by atoms with E-state index in [1.165, 1.54) is 0 Å². The molecule has 0 saturated carbocycles. The molecule has 20 heavy (non-hydrogen) atoms. The second kappa shape index (κ2) is 6.59. The van der Waals surface area contributed by atoms with Crippen molar-refractivity contribution in [2.24, 2.45) is 0 Å². The van der Waals surface area contributed by atoms with Crippen molar-refractivity contribution in [1.29, 1.82) is 0 Å². The Bertz CT molecular complexity index is 580. The summed E-state index contributed by atoms with van der Waals surface area (Å²) in [7, 11) is 0. The van der Waals surface area contributed by atoms with Crippen LogP contribution in [0.15, 0.2) is 48.5 Å². The smallest absolute Gasteiger partial charge is 0.0553 e. The molecule has 0 heterocycles. The van der Waals surface area contributed by atoms with E-state index in [4.69, 9.17) is 23.2 Å². The minimum absolute atomic E-state index is 0.195. The SMILES string of the molecule is OCC(CO)(Cc1cccc(Cl)c1)c1ccccc1Cl. The van der Waals surface area contributed by atoms with Crippen LogP contribution in [0.5, 0.6) is 0 Å². The third-order valence-corrected chi connectivity index (χ3v) is 4.05. The van der Waals surface area contributed by atoms with Gasteiger partial charge in [0.1, 0.15) is 0 Å². The first kappa shape index (κ1) is 15.3. The van der Waals surface area contributed by atoms with Crippen molar-refractivity contribution in [3.8, 4) is 0 Å². The number of halogens is 2. The summed E-state index contributed by atoms with van der Waals surface area (Å²) >= 11 is 12.2. The molecule has 0 radical (unpaired) electrons. The van der Waals surface area contributed by atoms with E-state index in [9.17, 15) is 10.2 Å². The third kappa shape index (κ3) is 3.15. The Hall–Kier alpha value is -1.06. The van der Waals surface area contributed by atoms with Gasteiger partial charge < -0.3 is 10.2 Å². The van der Waals surface area contributed by atoms with Gasteiger partial charge in [-0.15, -0.1) is 0 Å². The zero-order valence-corrected chi connectivity index (χ0v) is 12.4. The Morgan fingerprint density at radius 1 is 0.900 bits per heavy atom. The molecule has 0 spiro atoms. The van der Waals surface area contributed by atoms with Gasteiger partial charge >= 0.3 is 0 Å². The number of hydrogen-bond acceptors (Lipinski definition) is 2. The predicted molar refractivity (Wildman–Crippen MR) is 82.5 cm³/mol. The molecule has 0 aromatic heterocycles. The molecule has 2 nitrogen and oxygen atoms in total. The molecule has 0 atom stereocenters. The lowest BCUT2D eigenvalue weighted by Crippen LogP contribution is -2.37. The standard InChI is InChI=1S/C16H16Cl2O2/c17-13-5-3-4-12(8-13)9-16(10-19,11-20)14-6-1-2-7-15(14)18/h1-8,19-20H,9-11H2. The molecule has 4 heteroatoms. The van der Waals surface area contributed by atoms with E-state index in [1.54, 1.807) is 12.1 Å². The van der Waals surface area contributed by atoms with Crippen molar-refractivity contribution in [3.05, 3.63) is 69.7 Å². The van der Waals surface area contributed by atoms with Crippen LogP contribution >= 0.6 is 23.2 Å². The second-order valence-electron chi connectivity index (χ2n) is 4.88. The first-order chi connectivity index (χ1) is 9.61. The van der Waals surface area contributed by atoms with Gasteiger partial charge in [0, 0.05) is 15.5 Å². The molecule has 0 aliphatic carbocycles. The molecule has 2 rings (SSSR count). The first-order valence-electron chi connectivity index (χ1n) is 6.32. The highest BCUT2D eigenvalue weighted by atomic mass is 35.5. The van der Waals surface area contributed by atoms with Gasteiger partial charge in [-0.3, -0.25) is 0 Å². The highest BCUT2D eigenvalue weighted by molar-refractivity contribution is 6.31. The Morgan fingerprint density at radius 3 is 2.20 bits per heavy atom. The van der Waals surface area contributed by atoms with E-state index < -0.39 is 5.41 Å². The molecule has 106 valence electrons. The van der Waals surface area contributed by atoms with E-state index in [1.807, 2.05) is 36.4 Å². The summed E-state index contributed by atoms with van der Waals surface area (Å²) < 4.78 is 0. The summed E-state index contributed by atoms with van der Waals surface area (Å²) in [6.07, 6.45) is 0.463. The highest BCUT2D eigenvalue weighted by Gasteiger charge is 2.33. The summed E-state index contributed by atoms with van der Waals surface area (Å²) in [6.45, 7) is -0.389. The maximum atomic E-state index is 9.83. The van der Waals surface area contributed by atoms with E-state index in [2.05, 4.69) is 0 Å². The van der Waals surface area contributed by atoms with E-state index in [0.717, 1.165) is 11.1 Å². The van der Waals surface area contributed by atoms with Crippen LogP contribution in [-0.2, 0) is 11.8 Å². The minimum Gasteiger partial charge on any atom is -0.395 e. The van der Waals surface area contributed by atoms with Gasteiger partial charge in [-0.1, -0.05) is 53.5 Å². The molecule has 0 fully saturated rings. The van der Waals surface area contributed by atoms with Crippen molar-refractivity contribution in [2.75, 3.05) is 13.2 Å². The van der Waals surface area contributed by atoms with E-state index in [-0.39, 0.29) is 13.2 Å². The lowest BCUT2D eigenvalue weighted by molar-refractivity contribution is 0.116. The summed E-state index contributed by atoms with van der Waals surface area (Å²) in [6, 6.07) is 14.7. The molecule has 2 aromatic carbocycles. The molecule has 0 amide bonds. The summed E-state index contributed by atoms with van der Waals surface area (Å²) in [4.78, 5) is 0. The van der Waals surface area contributed by atoms with Gasteiger partial charge in [-0.25, -0.2) is 0 Å².